The Hall–Kier alpha value is -2.03. The summed E-state index contributed by atoms with van der Waals surface area (Å²) < 4.78 is 1.68. The molecule has 1 aromatic carbocycles. The minimum absolute atomic E-state index is 0.197. The highest BCUT2D eigenvalue weighted by Crippen LogP contribution is 2.05. The molecule has 0 saturated carbocycles. The number of rotatable bonds is 3. The van der Waals surface area contributed by atoms with E-state index in [2.05, 4.69) is 5.10 Å². The molecule has 0 fully saturated rings. The Kier molecular flexibility index (Phi) is 2.83. The van der Waals surface area contributed by atoms with Gasteiger partial charge in [-0.15, -0.1) is 0 Å². The lowest BCUT2D eigenvalue weighted by molar-refractivity contribution is 0.474. The van der Waals surface area contributed by atoms with Crippen molar-refractivity contribution in [2.45, 2.75) is 6.54 Å². The van der Waals surface area contributed by atoms with Gasteiger partial charge in [-0.2, -0.15) is 5.10 Å². The summed E-state index contributed by atoms with van der Waals surface area (Å²) >= 11 is 0. The molecule has 1 heterocycles. The van der Waals surface area contributed by atoms with Crippen molar-refractivity contribution in [3.05, 3.63) is 54.4 Å². The third-order valence-electron chi connectivity index (χ3n) is 2.02. The van der Waals surface area contributed by atoms with E-state index in [1.807, 2.05) is 42.5 Å². The standard InChI is InChI=1S/C12H12N2O/c15-12-9-13-14(10-12)8-4-7-11-5-2-1-3-6-11/h1-7,9-10,15H,8H2/b7-4+. The Morgan fingerprint density at radius 3 is 2.73 bits per heavy atom. The largest absolute Gasteiger partial charge is 0.505 e. The summed E-state index contributed by atoms with van der Waals surface area (Å²) in [7, 11) is 0. The number of benzene rings is 1. The van der Waals surface area contributed by atoms with Gasteiger partial charge in [0.25, 0.3) is 0 Å². The van der Waals surface area contributed by atoms with Crippen molar-refractivity contribution in [2.24, 2.45) is 0 Å². The third kappa shape index (κ3) is 2.71. The van der Waals surface area contributed by atoms with E-state index in [1.54, 1.807) is 10.9 Å². The van der Waals surface area contributed by atoms with Crippen LogP contribution in [0.1, 0.15) is 5.56 Å². The quantitative estimate of drug-likeness (QED) is 0.825. The van der Waals surface area contributed by atoms with Crippen LogP contribution in [0, 0.1) is 0 Å². The zero-order chi connectivity index (χ0) is 10.5. The molecule has 3 nitrogen and oxygen atoms in total. The second-order valence-electron chi connectivity index (χ2n) is 3.23. The zero-order valence-corrected chi connectivity index (χ0v) is 8.24. The van der Waals surface area contributed by atoms with Gasteiger partial charge >= 0.3 is 0 Å². The molecular formula is C12H12N2O. The van der Waals surface area contributed by atoms with Crippen LogP contribution in [0.5, 0.6) is 5.75 Å². The van der Waals surface area contributed by atoms with Crippen LogP contribution in [-0.4, -0.2) is 14.9 Å². The van der Waals surface area contributed by atoms with E-state index in [0.717, 1.165) is 5.56 Å². The van der Waals surface area contributed by atoms with E-state index < -0.39 is 0 Å². The van der Waals surface area contributed by atoms with Gasteiger partial charge in [-0.1, -0.05) is 42.5 Å². The zero-order valence-electron chi connectivity index (χ0n) is 8.24. The summed E-state index contributed by atoms with van der Waals surface area (Å²) in [6, 6.07) is 10.1. The number of aromatic nitrogens is 2. The van der Waals surface area contributed by atoms with Crippen LogP contribution >= 0.6 is 0 Å². The smallest absolute Gasteiger partial charge is 0.153 e. The summed E-state index contributed by atoms with van der Waals surface area (Å²) in [6.45, 7) is 0.662. The van der Waals surface area contributed by atoms with Crippen LogP contribution in [0.2, 0.25) is 0 Å². The van der Waals surface area contributed by atoms with Gasteiger partial charge in [-0.3, -0.25) is 4.68 Å². The molecule has 0 aliphatic carbocycles. The fourth-order valence-electron chi connectivity index (χ4n) is 1.31. The van der Waals surface area contributed by atoms with Gasteiger partial charge in [0.2, 0.25) is 0 Å². The Morgan fingerprint density at radius 2 is 2.07 bits per heavy atom. The molecule has 1 aromatic heterocycles. The van der Waals surface area contributed by atoms with E-state index >= 15 is 0 Å². The van der Waals surface area contributed by atoms with E-state index in [1.165, 1.54) is 6.20 Å². The lowest BCUT2D eigenvalue weighted by Crippen LogP contribution is -1.93. The minimum atomic E-state index is 0.197. The van der Waals surface area contributed by atoms with Crippen LogP contribution in [0.4, 0.5) is 0 Å². The number of hydrogen-bond donors (Lipinski definition) is 1. The van der Waals surface area contributed by atoms with Crippen molar-refractivity contribution >= 4 is 6.08 Å². The predicted molar refractivity (Wildman–Crippen MR) is 59.4 cm³/mol. The first-order chi connectivity index (χ1) is 7.34. The average Bonchev–Trinajstić information content (AvgIpc) is 2.66. The highest BCUT2D eigenvalue weighted by molar-refractivity contribution is 5.48. The molecule has 0 aliphatic heterocycles. The maximum absolute atomic E-state index is 9.06. The monoisotopic (exact) mass is 200 g/mol. The van der Waals surface area contributed by atoms with Crippen molar-refractivity contribution < 1.29 is 5.11 Å². The first-order valence-corrected chi connectivity index (χ1v) is 4.77. The molecule has 0 saturated heterocycles. The summed E-state index contributed by atoms with van der Waals surface area (Å²) in [5.74, 6) is 0.197. The molecule has 0 spiro atoms. The fourth-order valence-corrected chi connectivity index (χ4v) is 1.31. The van der Waals surface area contributed by atoms with Crippen molar-refractivity contribution in [3.63, 3.8) is 0 Å². The van der Waals surface area contributed by atoms with E-state index in [0.29, 0.717) is 6.54 Å². The Bertz CT molecular complexity index is 446. The molecule has 0 atom stereocenters. The van der Waals surface area contributed by atoms with Crippen LogP contribution in [0.25, 0.3) is 6.08 Å². The number of nitrogens with zero attached hydrogens (tertiary/aromatic N) is 2. The molecule has 3 heteroatoms. The summed E-state index contributed by atoms with van der Waals surface area (Å²) in [4.78, 5) is 0. The predicted octanol–water partition coefficient (Wildman–Crippen LogP) is 2.30. The molecule has 1 N–H and O–H groups in total. The highest BCUT2D eigenvalue weighted by Gasteiger charge is 1.91. The van der Waals surface area contributed by atoms with E-state index in [4.69, 9.17) is 5.11 Å². The molecule has 0 amide bonds. The molecule has 2 aromatic rings. The van der Waals surface area contributed by atoms with Crippen molar-refractivity contribution in [3.8, 4) is 5.75 Å². The average molecular weight is 200 g/mol. The maximum Gasteiger partial charge on any atom is 0.153 e. The topological polar surface area (TPSA) is 38.1 Å². The normalized spacial score (nSPS) is 10.9. The first kappa shape index (κ1) is 9.52. The van der Waals surface area contributed by atoms with Gasteiger partial charge in [0, 0.05) is 0 Å². The van der Waals surface area contributed by atoms with Crippen LogP contribution in [-0.2, 0) is 6.54 Å². The van der Waals surface area contributed by atoms with Crippen LogP contribution < -0.4 is 0 Å². The molecule has 76 valence electrons. The van der Waals surface area contributed by atoms with Gasteiger partial charge in [-0.05, 0) is 5.56 Å². The number of aromatic hydroxyl groups is 1. The van der Waals surface area contributed by atoms with Gasteiger partial charge < -0.3 is 5.11 Å². The number of allylic oxidation sites excluding steroid dienone is 1. The van der Waals surface area contributed by atoms with E-state index in [9.17, 15) is 0 Å². The molecule has 15 heavy (non-hydrogen) atoms. The minimum Gasteiger partial charge on any atom is -0.505 e. The fraction of sp³-hybridized carbons (Fsp3) is 0.0833. The van der Waals surface area contributed by atoms with Gasteiger partial charge in [0.15, 0.2) is 5.75 Å². The summed E-state index contributed by atoms with van der Waals surface area (Å²) in [5.41, 5.74) is 1.16. The molecule has 0 aliphatic rings. The lowest BCUT2D eigenvalue weighted by atomic mass is 10.2. The van der Waals surface area contributed by atoms with Gasteiger partial charge in [0.05, 0.1) is 18.9 Å². The first-order valence-electron chi connectivity index (χ1n) is 4.77. The van der Waals surface area contributed by atoms with Crippen molar-refractivity contribution in [1.82, 2.24) is 9.78 Å². The summed E-state index contributed by atoms with van der Waals surface area (Å²) in [6.07, 6.45) is 7.05. The van der Waals surface area contributed by atoms with Crippen LogP contribution in [0.15, 0.2) is 48.8 Å². The van der Waals surface area contributed by atoms with Crippen molar-refractivity contribution in [2.75, 3.05) is 0 Å². The maximum atomic E-state index is 9.06. The molecule has 0 radical (unpaired) electrons. The second-order valence-corrected chi connectivity index (χ2v) is 3.23. The Morgan fingerprint density at radius 1 is 1.27 bits per heavy atom. The Labute approximate surface area is 88.3 Å². The molecular weight excluding hydrogens is 188 g/mol. The summed E-state index contributed by atoms with van der Waals surface area (Å²) in [5, 5.41) is 13.0. The van der Waals surface area contributed by atoms with Crippen LogP contribution in [0.3, 0.4) is 0 Å². The lowest BCUT2D eigenvalue weighted by Gasteiger charge is -1.94. The second kappa shape index (κ2) is 4.46. The highest BCUT2D eigenvalue weighted by atomic mass is 16.3. The van der Waals surface area contributed by atoms with Crippen molar-refractivity contribution in [1.29, 1.82) is 0 Å². The SMILES string of the molecule is Oc1cnn(C/C=C/c2ccccc2)c1. The van der Waals surface area contributed by atoms with E-state index in [-0.39, 0.29) is 5.75 Å². The molecule has 2 rings (SSSR count). The molecule has 0 bridgehead atoms. The van der Waals surface area contributed by atoms with Gasteiger partial charge in [0.1, 0.15) is 0 Å². The Balaban J connectivity index is 1.96. The van der Waals surface area contributed by atoms with Gasteiger partial charge in [-0.25, -0.2) is 0 Å². The third-order valence-corrected chi connectivity index (χ3v) is 2.02. The number of hydrogen-bond acceptors (Lipinski definition) is 2. The molecule has 0 unspecified atom stereocenters.